The Morgan fingerprint density at radius 1 is 1.19 bits per heavy atom. The maximum absolute atomic E-state index is 13.0. The Morgan fingerprint density at radius 2 is 1.88 bits per heavy atom. The van der Waals surface area contributed by atoms with E-state index >= 15 is 0 Å². The van der Waals surface area contributed by atoms with E-state index in [4.69, 9.17) is 4.74 Å². The first-order valence-corrected chi connectivity index (χ1v) is 8.73. The molecule has 1 fully saturated rings. The average Bonchev–Trinajstić information content (AvgIpc) is 2.62. The molecule has 1 amide bonds. The Bertz CT molecular complexity index is 733. The fourth-order valence-electron chi connectivity index (χ4n) is 3.01. The molecule has 1 aliphatic heterocycles. The highest BCUT2D eigenvalue weighted by Crippen LogP contribution is 2.32. The molecule has 3 rings (SSSR count). The third-order valence-corrected chi connectivity index (χ3v) is 4.10. The van der Waals surface area contributed by atoms with Gasteiger partial charge in [0.25, 0.3) is 0 Å². The van der Waals surface area contributed by atoms with Crippen LogP contribution in [0.5, 0.6) is 0 Å². The molecule has 0 aliphatic carbocycles. The van der Waals surface area contributed by atoms with E-state index in [1.165, 1.54) is 0 Å². The van der Waals surface area contributed by atoms with Gasteiger partial charge in [0, 0.05) is 32.0 Å². The summed E-state index contributed by atoms with van der Waals surface area (Å²) in [5.41, 5.74) is -0.484. The van der Waals surface area contributed by atoms with Crippen molar-refractivity contribution in [2.75, 3.05) is 25.0 Å². The zero-order chi connectivity index (χ0) is 18.6. The van der Waals surface area contributed by atoms with Crippen LogP contribution in [0, 0.1) is 0 Å². The van der Waals surface area contributed by atoms with Gasteiger partial charge in [0.1, 0.15) is 5.60 Å². The maximum Gasteiger partial charge on any atom is 0.412 e. The summed E-state index contributed by atoms with van der Waals surface area (Å²) in [6.07, 6.45) is 2.97. The number of anilines is 1. The van der Waals surface area contributed by atoms with Crippen LogP contribution in [0.3, 0.4) is 0 Å². The van der Waals surface area contributed by atoms with Crippen molar-refractivity contribution >= 4 is 12.0 Å². The van der Waals surface area contributed by atoms with E-state index in [1.807, 2.05) is 51.1 Å². The smallest absolute Gasteiger partial charge is 0.412 e. The topological polar surface area (TPSA) is 79.4 Å². The number of amides is 1. The standard InChI is InChI=1S/C19H25N5O2/c1-18(2,3)26-17(25)24-13-12-20-14-19(24,15-8-5-4-6-9-15)23-16-21-10-7-11-22-16/h4-11,20H,12-14H2,1-3H3,(H,21,22,23). The van der Waals surface area contributed by atoms with Crippen molar-refractivity contribution < 1.29 is 9.53 Å². The average molecular weight is 355 g/mol. The van der Waals surface area contributed by atoms with Crippen LogP contribution in [0.15, 0.2) is 48.8 Å². The van der Waals surface area contributed by atoms with Gasteiger partial charge in [0.15, 0.2) is 5.66 Å². The number of rotatable bonds is 3. The number of hydrogen-bond acceptors (Lipinski definition) is 6. The van der Waals surface area contributed by atoms with Crippen molar-refractivity contribution in [1.29, 1.82) is 0 Å². The van der Waals surface area contributed by atoms with E-state index in [0.29, 0.717) is 25.6 Å². The minimum atomic E-state index is -0.844. The second-order valence-corrected chi connectivity index (χ2v) is 7.23. The summed E-state index contributed by atoms with van der Waals surface area (Å²) in [5, 5.41) is 6.74. The number of carbonyl (C=O) groups excluding carboxylic acids is 1. The van der Waals surface area contributed by atoms with Crippen molar-refractivity contribution in [1.82, 2.24) is 20.2 Å². The molecule has 1 aromatic carbocycles. The van der Waals surface area contributed by atoms with E-state index in [-0.39, 0.29) is 6.09 Å². The van der Waals surface area contributed by atoms with E-state index in [9.17, 15) is 4.79 Å². The van der Waals surface area contributed by atoms with E-state index < -0.39 is 11.3 Å². The maximum atomic E-state index is 13.0. The molecule has 2 N–H and O–H groups in total. The molecular formula is C19H25N5O2. The molecule has 138 valence electrons. The molecule has 0 radical (unpaired) electrons. The molecular weight excluding hydrogens is 330 g/mol. The number of ether oxygens (including phenoxy) is 1. The highest BCUT2D eigenvalue weighted by molar-refractivity contribution is 5.71. The van der Waals surface area contributed by atoms with Gasteiger partial charge in [-0.2, -0.15) is 0 Å². The van der Waals surface area contributed by atoms with Crippen LogP contribution in [0.25, 0.3) is 0 Å². The molecule has 0 bridgehead atoms. The van der Waals surface area contributed by atoms with Gasteiger partial charge in [-0.1, -0.05) is 30.3 Å². The SMILES string of the molecule is CC(C)(C)OC(=O)N1CCNCC1(Nc1ncccn1)c1ccccc1. The number of piperazine rings is 1. The monoisotopic (exact) mass is 355 g/mol. The minimum absolute atomic E-state index is 0.369. The molecule has 2 heterocycles. The Morgan fingerprint density at radius 3 is 2.54 bits per heavy atom. The Labute approximate surface area is 153 Å². The van der Waals surface area contributed by atoms with Gasteiger partial charge in [-0.15, -0.1) is 0 Å². The summed E-state index contributed by atoms with van der Waals surface area (Å²) in [6, 6.07) is 11.6. The van der Waals surface area contributed by atoms with Crippen molar-refractivity contribution in [3.63, 3.8) is 0 Å². The summed E-state index contributed by atoms with van der Waals surface area (Å²) in [6.45, 7) is 7.30. The van der Waals surface area contributed by atoms with Crippen LogP contribution < -0.4 is 10.6 Å². The van der Waals surface area contributed by atoms with Gasteiger partial charge in [0.05, 0.1) is 0 Å². The molecule has 1 aromatic heterocycles. The number of aromatic nitrogens is 2. The fourth-order valence-corrected chi connectivity index (χ4v) is 3.01. The third kappa shape index (κ3) is 3.94. The molecule has 0 spiro atoms. The van der Waals surface area contributed by atoms with Crippen LogP contribution in [-0.2, 0) is 10.4 Å². The Balaban J connectivity index is 2.03. The summed E-state index contributed by atoms with van der Waals surface area (Å²) in [7, 11) is 0. The van der Waals surface area contributed by atoms with Crippen LogP contribution in [0.1, 0.15) is 26.3 Å². The molecule has 1 aliphatic rings. The first kappa shape index (κ1) is 18.1. The van der Waals surface area contributed by atoms with Crippen LogP contribution >= 0.6 is 0 Å². The lowest BCUT2D eigenvalue weighted by Gasteiger charge is -2.47. The lowest BCUT2D eigenvalue weighted by molar-refractivity contribution is -0.00610. The number of hydrogen-bond donors (Lipinski definition) is 2. The van der Waals surface area contributed by atoms with Crippen molar-refractivity contribution in [2.45, 2.75) is 32.0 Å². The van der Waals surface area contributed by atoms with E-state index in [1.54, 1.807) is 23.4 Å². The molecule has 26 heavy (non-hydrogen) atoms. The van der Waals surface area contributed by atoms with E-state index in [0.717, 1.165) is 5.56 Å². The van der Waals surface area contributed by atoms with Crippen LogP contribution in [0.4, 0.5) is 10.7 Å². The second kappa shape index (κ2) is 7.29. The lowest BCUT2D eigenvalue weighted by Crippen LogP contribution is -2.65. The molecule has 0 saturated carbocycles. The highest BCUT2D eigenvalue weighted by atomic mass is 16.6. The summed E-state index contributed by atoms with van der Waals surface area (Å²) >= 11 is 0. The molecule has 1 atom stereocenters. The molecule has 1 unspecified atom stereocenters. The van der Waals surface area contributed by atoms with Gasteiger partial charge in [-0.3, -0.25) is 4.90 Å². The van der Waals surface area contributed by atoms with Crippen molar-refractivity contribution in [2.24, 2.45) is 0 Å². The quantitative estimate of drug-likeness (QED) is 0.881. The molecule has 7 heteroatoms. The predicted octanol–water partition coefficient (Wildman–Crippen LogP) is 2.58. The van der Waals surface area contributed by atoms with Crippen LogP contribution in [0.2, 0.25) is 0 Å². The highest BCUT2D eigenvalue weighted by Gasteiger charge is 2.45. The Kier molecular flexibility index (Phi) is 5.08. The van der Waals surface area contributed by atoms with Crippen molar-refractivity contribution in [3.05, 3.63) is 54.4 Å². The molecule has 2 aromatic rings. The zero-order valence-corrected chi connectivity index (χ0v) is 15.4. The van der Waals surface area contributed by atoms with Gasteiger partial charge < -0.3 is 15.4 Å². The third-order valence-electron chi connectivity index (χ3n) is 4.10. The number of benzene rings is 1. The fraction of sp³-hybridized carbons (Fsp3) is 0.421. The van der Waals surface area contributed by atoms with E-state index in [2.05, 4.69) is 20.6 Å². The predicted molar refractivity (Wildman–Crippen MR) is 99.6 cm³/mol. The number of nitrogens with zero attached hydrogens (tertiary/aromatic N) is 3. The van der Waals surface area contributed by atoms with Gasteiger partial charge in [-0.05, 0) is 32.4 Å². The molecule has 1 saturated heterocycles. The number of carbonyl (C=O) groups is 1. The Hall–Kier alpha value is -2.67. The van der Waals surface area contributed by atoms with Gasteiger partial charge in [-0.25, -0.2) is 14.8 Å². The largest absolute Gasteiger partial charge is 0.444 e. The summed E-state index contributed by atoms with van der Waals surface area (Å²) in [4.78, 5) is 23.3. The second-order valence-electron chi connectivity index (χ2n) is 7.23. The van der Waals surface area contributed by atoms with Gasteiger partial charge >= 0.3 is 6.09 Å². The lowest BCUT2D eigenvalue weighted by atomic mass is 9.95. The minimum Gasteiger partial charge on any atom is -0.444 e. The summed E-state index contributed by atoms with van der Waals surface area (Å²) < 4.78 is 5.67. The first-order valence-electron chi connectivity index (χ1n) is 8.73. The van der Waals surface area contributed by atoms with Crippen molar-refractivity contribution in [3.8, 4) is 0 Å². The summed E-state index contributed by atoms with van der Waals surface area (Å²) in [5.74, 6) is 0.452. The van der Waals surface area contributed by atoms with Gasteiger partial charge in [0.2, 0.25) is 5.95 Å². The molecule has 7 nitrogen and oxygen atoms in total. The first-order chi connectivity index (χ1) is 12.4. The zero-order valence-electron chi connectivity index (χ0n) is 15.4. The van der Waals surface area contributed by atoms with Crippen LogP contribution in [-0.4, -0.2) is 46.2 Å². The number of nitrogens with one attached hydrogen (secondary N) is 2. The normalized spacial score (nSPS) is 20.5.